The van der Waals surface area contributed by atoms with E-state index in [1.165, 1.54) is 85.8 Å². The van der Waals surface area contributed by atoms with Crippen LogP contribution in [0.1, 0.15) is 0 Å². The minimum atomic E-state index is 1.11. The molecule has 0 aliphatic heterocycles. The second-order valence-corrected chi connectivity index (χ2v) is 16.4. The summed E-state index contributed by atoms with van der Waals surface area (Å²) in [7, 11) is 0. The SMILES string of the molecule is c1ccc(-c2ccc(N(c3ccc(-c4ccc5c(c4)c4ccc6cc7sc8ccccc8c7cc6c4n5-c4ccccc4)cc3)c3cccc4ccccc34)cc2)cc1. The van der Waals surface area contributed by atoms with Crippen LogP contribution in [0, 0.1) is 0 Å². The van der Waals surface area contributed by atoms with Crippen molar-refractivity contribution in [3.63, 3.8) is 0 Å². The number of rotatable bonds is 6. The third-order valence-electron chi connectivity index (χ3n) is 12.0. The van der Waals surface area contributed by atoms with E-state index in [1.807, 2.05) is 11.3 Å². The van der Waals surface area contributed by atoms with E-state index in [0.717, 1.165) is 22.7 Å². The molecule has 12 aromatic rings. The van der Waals surface area contributed by atoms with Gasteiger partial charge in [-0.25, -0.2) is 0 Å². The first kappa shape index (κ1) is 33.7. The highest BCUT2D eigenvalue weighted by atomic mass is 32.1. The quantitative estimate of drug-likeness (QED) is 0.164. The number of anilines is 3. The molecule has 0 N–H and O–H groups in total. The summed E-state index contributed by atoms with van der Waals surface area (Å²) < 4.78 is 5.12. The van der Waals surface area contributed by atoms with Gasteiger partial charge in [-0.05, 0) is 106 Å². The average Bonchev–Trinajstić information content (AvgIpc) is 3.84. The van der Waals surface area contributed by atoms with Gasteiger partial charge >= 0.3 is 0 Å². The molecule has 0 aliphatic rings. The maximum atomic E-state index is 2.46. The van der Waals surface area contributed by atoms with E-state index in [-0.39, 0.29) is 0 Å². The Bertz CT molecular complexity index is 3520. The first-order chi connectivity index (χ1) is 29.2. The Hall–Kier alpha value is -7.46. The fourth-order valence-electron chi connectivity index (χ4n) is 9.14. The Morgan fingerprint density at radius 1 is 0.339 bits per heavy atom. The monoisotopic (exact) mass is 768 g/mol. The minimum Gasteiger partial charge on any atom is -0.310 e. The Morgan fingerprint density at radius 2 is 0.966 bits per heavy atom. The van der Waals surface area contributed by atoms with Crippen molar-refractivity contribution in [2.75, 3.05) is 4.90 Å². The molecule has 0 amide bonds. The summed E-state index contributed by atoms with van der Waals surface area (Å²) >= 11 is 1.88. The molecule has 0 bridgehead atoms. The van der Waals surface area contributed by atoms with Crippen LogP contribution in [0.15, 0.2) is 218 Å². The topological polar surface area (TPSA) is 8.17 Å². The maximum Gasteiger partial charge on any atom is 0.0619 e. The zero-order valence-corrected chi connectivity index (χ0v) is 32.9. The van der Waals surface area contributed by atoms with Crippen LogP contribution in [0.25, 0.3) is 91.5 Å². The number of aromatic nitrogens is 1. The second kappa shape index (κ2) is 13.6. The molecule has 12 rings (SSSR count). The highest BCUT2D eigenvalue weighted by Crippen LogP contribution is 2.44. The smallest absolute Gasteiger partial charge is 0.0619 e. The van der Waals surface area contributed by atoms with E-state index in [1.54, 1.807) is 0 Å². The summed E-state index contributed by atoms with van der Waals surface area (Å²) in [5.41, 5.74) is 11.8. The summed E-state index contributed by atoms with van der Waals surface area (Å²) in [6.07, 6.45) is 0. The fourth-order valence-corrected chi connectivity index (χ4v) is 10.3. The highest BCUT2D eigenvalue weighted by molar-refractivity contribution is 7.25. The van der Waals surface area contributed by atoms with E-state index in [4.69, 9.17) is 0 Å². The number of hydrogen-bond donors (Lipinski definition) is 0. The lowest BCUT2D eigenvalue weighted by molar-refractivity contribution is 1.19. The highest BCUT2D eigenvalue weighted by Gasteiger charge is 2.19. The van der Waals surface area contributed by atoms with Crippen LogP contribution in [0.3, 0.4) is 0 Å². The van der Waals surface area contributed by atoms with Crippen molar-refractivity contribution in [3.8, 4) is 27.9 Å². The van der Waals surface area contributed by atoms with E-state index in [9.17, 15) is 0 Å². The van der Waals surface area contributed by atoms with Crippen molar-refractivity contribution in [2.24, 2.45) is 0 Å². The summed E-state index contributed by atoms with van der Waals surface area (Å²) in [6.45, 7) is 0. The molecular formula is C56H36N2S. The molecule has 276 valence electrons. The van der Waals surface area contributed by atoms with Gasteiger partial charge in [0.2, 0.25) is 0 Å². The van der Waals surface area contributed by atoms with Gasteiger partial charge in [-0.3, -0.25) is 0 Å². The zero-order valence-electron chi connectivity index (χ0n) is 32.1. The first-order valence-electron chi connectivity index (χ1n) is 20.2. The molecule has 3 heteroatoms. The Labute approximate surface area is 346 Å². The van der Waals surface area contributed by atoms with E-state index in [0.29, 0.717) is 0 Å². The van der Waals surface area contributed by atoms with Crippen molar-refractivity contribution in [2.45, 2.75) is 0 Å². The van der Waals surface area contributed by atoms with Crippen molar-refractivity contribution < 1.29 is 0 Å². The van der Waals surface area contributed by atoms with Crippen LogP contribution in [-0.4, -0.2) is 4.57 Å². The van der Waals surface area contributed by atoms with Gasteiger partial charge in [-0.2, -0.15) is 0 Å². The van der Waals surface area contributed by atoms with Crippen molar-refractivity contribution in [1.29, 1.82) is 0 Å². The number of benzene rings is 10. The summed E-state index contributed by atoms with van der Waals surface area (Å²) in [5.74, 6) is 0. The Morgan fingerprint density at radius 3 is 1.75 bits per heavy atom. The molecule has 2 heterocycles. The lowest BCUT2D eigenvalue weighted by Gasteiger charge is -2.27. The number of nitrogens with zero attached hydrogens (tertiary/aromatic N) is 2. The van der Waals surface area contributed by atoms with Gasteiger partial charge in [0.05, 0.1) is 16.7 Å². The lowest BCUT2D eigenvalue weighted by Crippen LogP contribution is -2.10. The van der Waals surface area contributed by atoms with Crippen LogP contribution in [0.2, 0.25) is 0 Å². The minimum absolute atomic E-state index is 1.11. The molecule has 0 unspecified atom stereocenters. The van der Waals surface area contributed by atoms with Crippen molar-refractivity contribution >= 4 is 91.9 Å². The predicted octanol–water partition coefficient (Wildman–Crippen LogP) is 16.3. The van der Waals surface area contributed by atoms with Gasteiger partial charge in [-0.1, -0.05) is 146 Å². The van der Waals surface area contributed by atoms with E-state index in [2.05, 4.69) is 228 Å². The molecular weight excluding hydrogens is 733 g/mol. The molecule has 0 radical (unpaired) electrons. The largest absolute Gasteiger partial charge is 0.310 e. The zero-order chi connectivity index (χ0) is 38.9. The molecule has 0 atom stereocenters. The summed E-state index contributed by atoms with van der Waals surface area (Å²) in [5, 5.41) is 10.1. The molecule has 0 spiro atoms. The third-order valence-corrected chi connectivity index (χ3v) is 13.1. The number of thiophene rings is 1. The van der Waals surface area contributed by atoms with Crippen LogP contribution < -0.4 is 4.90 Å². The van der Waals surface area contributed by atoms with Gasteiger partial charge < -0.3 is 9.47 Å². The molecule has 0 saturated carbocycles. The summed E-state index contributed by atoms with van der Waals surface area (Å²) in [6, 6.07) is 79.9. The maximum absolute atomic E-state index is 2.46. The lowest BCUT2D eigenvalue weighted by atomic mass is 10.00. The van der Waals surface area contributed by atoms with Gasteiger partial charge in [0.1, 0.15) is 0 Å². The molecule has 0 fully saturated rings. The van der Waals surface area contributed by atoms with Gasteiger partial charge in [-0.15, -0.1) is 11.3 Å². The van der Waals surface area contributed by atoms with Gasteiger partial charge in [0, 0.05) is 58.8 Å². The predicted molar refractivity (Wildman–Crippen MR) is 254 cm³/mol. The van der Waals surface area contributed by atoms with Crippen LogP contribution in [0.4, 0.5) is 17.1 Å². The molecule has 0 aliphatic carbocycles. The molecule has 59 heavy (non-hydrogen) atoms. The van der Waals surface area contributed by atoms with Crippen LogP contribution >= 0.6 is 11.3 Å². The third kappa shape index (κ3) is 5.55. The molecule has 0 saturated heterocycles. The normalized spacial score (nSPS) is 11.7. The van der Waals surface area contributed by atoms with Gasteiger partial charge in [0.25, 0.3) is 0 Å². The second-order valence-electron chi connectivity index (χ2n) is 15.3. The Balaban J connectivity index is 1.00. The van der Waals surface area contributed by atoms with Gasteiger partial charge in [0.15, 0.2) is 0 Å². The van der Waals surface area contributed by atoms with Crippen LogP contribution in [0.5, 0.6) is 0 Å². The van der Waals surface area contributed by atoms with E-state index < -0.39 is 0 Å². The fraction of sp³-hybridized carbons (Fsp3) is 0. The van der Waals surface area contributed by atoms with Crippen LogP contribution in [-0.2, 0) is 0 Å². The molecule has 2 aromatic heterocycles. The van der Waals surface area contributed by atoms with E-state index >= 15 is 0 Å². The number of para-hydroxylation sites is 1. The average molecular weight is 769 g/mol. The van der Waals surface area contributed by atoms with Crippen molar-refractivity contribution in [1.82, 2.24) is 4.57 Å². The molecule has 2 nitrogen and oxygen atoms in total. The number of fused-ring (bicyclic) bond motifs is 9. The standard InChI is InChI=1S/C56H36N2S/c1-3-12-37(13-4-1)38-22-28-44(29-23-38)57(52-20-11-15-40-14-7-8-18-46(40)52)45-30-24-39(25-31-45)41-27-33-53-50(34-41)48-32-26-42-35-55-51(47-19-9-10-21-54(47)59-55)36-49(42)56(48)58(53)43-16-5-2-6-17-43/h1-36H. The first-order valence-corrected chi connectivity index (χ1v) is 21.0. The van der Waals surface area contributed by atoms with Crippen molar-refractivity contribution in [3.05, 3.63) is 218 Å². The number of hydrogen-bond acceptors (Lipinski definition) is 2. The Kier molecular flexibility index (Phi) is 7.75. The summed E-state index contributed by atoms with van der Waals surface area (Å²) in [4.78, 5) is 2.39. The molecule has 10 aromatic carbocycles.